The fourth-order valence-corrected chi connectivity index (χ4v) is 2.04. The highest BCUT2D eigenvalue weighted by Crippen LogP contribution is 2.24. The summed E-state index contributed by atoms with van der Waals surface area (Å²) in [6, 6.07) is 8.80. The minimum Gasteiger partial charge on any atom is -0.481 e. The second-order valence-electron chi connectivity index (χ2n) is 4.11. The first-order valence-corrected chi connectivity index (χ1v) is 6.59. The fourth-order valence-electron chi connectivity index (χ4n) is 1.69. The van der Waals surface area contributed by atoms with Crippen molar-refractivity contribution >= 4 is 21.6 Å². The third kappa shape index (κ3) is 3.44. The van der Waals surface area contributed by atoms with Crippen molar-refractivity contribution in [3.8, 4) is 5.88 Å². The number of anilines is 1. The molecular weight excluding hydrogens is 311 g/mol. The van der Waals surface area contributed by atoms with Gasteiger partial charge in [-0.1, -0.05) is 6.07 Å². The van der Waals surface area contributed by atoms with Gasteiger partial charge in [-0.15, -0.1) is 0 Å². The fraction of sp³-hybridized carbons (Fsp3) is 0.214. The predicted octanol–water partition coefficient (Wildman–Crippen LogP) is 3.91. The summed E-state index contributed by atoms with van der Waals surface area (Å²) < 4.78 is 18.8. The van der Waals surface area contributed by atoms with E-state index in [-0.39, 0.29) is 5.82 Å². The molecule has 19 heavy (non-hydrogen) atoms. The summed E-state index contributed by atoms with van der Waals surface area (Å²) >= 11 is 3.18. The van der Waals surface area contributed by atoms with Gasteiger partial charge in [0.2, 0.25) is 5.88 Å². The highest BCUT2D eigenvalue weighted by Gasteiger charge is 2.05. The van der Waals surface area contributed by atoms with E-state index in [1.807, 2.05) is 19.1 Å². The number of benzene rings is 1. The maximum Gasteiger partial charge on any atom is 0.213 e. The van der Waals surface area contributed by atoms with Crippen LogP contribution < -0.4 is 10.1 Å². The van der Waals surface area contributed by atoms with Gasteiger partial charge < -0.3 is 10.1 Å². The summed E-state index contributed by atoms with van der Waals surface area (Å²) in [7, 11) is 1.58. The van der Waals surface area contributed by atoms with E-state index >= 15 is 0 Å². The standard InChI is InChI=1S/C14H14BrFN2O/c1-9-6-12(16)11(15)7-13(9)17-8-10-4-3-5-14(18-10)19-2/h3-7,17H,8H2,1-2H3. The van der Waals surface area contributed by atoms with Crippen molar-refractivity contribution in [2.45, 2.75) is 13.5 Å². The number of nitrogens with one attached hydrogen (secondary N) is 1. The molecule has 0 aliphatic rings. The zero-order valence-corrected chi connectivity index (χ0v) is 12.3. The van der Waals surface area contributed by atoms with Crippen LogP contribution in [0.1, 0.15) is 11.3 Å². The minimum atomic E-state index is -0.262. The molecule has 0 fully saturated rings. The van der Waals surface area contributed by atoms with Crippen LogP contribution in [0.4, 0.5) is 10.1 Å². The Morgan fingerprint density at radius 2 is 2.16 bits per heavy atom. The van der Waals surface area contributed by atoms with Crippen molar-refractivity contribution in [3.63, 3.8) is 0 Å². The van der Waals surface area contributed by atoms with Crippen LogP contribution in [0.15, 0.2) is 34.8 Å². The molecule has 1 aromatic carbocycles. The zero-order valence-electron chi connectivity index (χ0n) is 10.7. The lowest BCUT2D eigenvalue weighted by Crippen LogP contribution is -2.04. The van der Waals surface area contributed by atoms with Gasteiger partial charge in [0.15, 0.2) is 0 Å². The van der Waals surface area contributed by atoms with Crippen LogP contribution in [-0.2, 0) is 6.54 Å². The average Bonchev–Trinajstić information content (AvgIpc) is 2.41. The summed E-state index contributed by atoms with van der Waals surface area (Å²) in [5, 5.41) is 3.23. The number of hydrogen-bond donors (Lipinski definition) is 1. The molecule has 1 aromatic heterocycles. The molecule has 100 valence electrons. The molecule has 5 heteroatoms. The van der Waals surface area contributed by atoms with Gasteiger partial charge in [-0.3, -0.25) is 0 Å². The monoisotopic (exact) mass is 324 g/mol. The number of hydrogen-bond acceptors (Lipinski definition) is 3. The molecule has 1 N–H and O–H groups in total. The Morgan fingerprint density at radius 3 is 2.89 bits per heavy atom. The van der Waals surface area contributed by atoms with Gasteiger partial charge in [0.1, 0.15) is 5.82 Å². The van der Waals surface area contributed by atoms with Gasteiger partial charge in [0.05, 0.1) is 23.8 Å². The van der Waals surface area contributed by atoms with E-state index in [0.29, 0.717) is 16.9 Å². The second kappa shape index (κ2) is 6.02. The lowest BCUT2D eigenvalue weighted by atomic mass is 10.2. The van der Waals surface area contributed by atoms with Crippen LogP contribution in [-0.4, -0.2) is 12.1 Å². The molecule has 2 rings (SSSR count). The molecule has 0 radical (unpaired) electrons. The van der Waals surface area contributed by atoms with Crippen molar-refractivity contribution in [2.24, 2.45) is 0 Å². The van der Waals surface area contributed by atoms with Crippen LogP contribution >= 0.6 is 15.9 Å². The SMILES string of the molecule is COc1cccc(CNc2cc(Br)c(F)cc2C)n1. The molecule has 3 nitrogen and oxygen atoms in total. The Morgan fingerprint density at radius 1 is 1.37 bits per heavy atom. The first kappa shape index (κ1) is 13.8. The molecule has 0 spiro atoms. The van der Waals surface area contributed by atoms with Crippen molar-refractivity contribution < 1.29 is 9.13 Å². The molecule has 0 amide bonds. The number of pyridine rings is 1. The number of nitrogens with zero attached hydrogens (tertiary/aromatic N) is 1. The van der Waals surface area contributed by atoms with E-state index in [2.05, 4.69) is 26.2 Å². The van der Waals surface area contributed by atoms with Crippen molar-refractivity contribution in [2.75, 3.05) is 12.4 Å². The molecular formula is C14H14BrFN2O. The molecule has 0 saturated heterocycles. The van der Waals surface area contributed by atoms with E-state index in [1.54, 1.807) is 19.2 Å². The largest absolute Gasteiger partial charge is 0.481 e. The van der Waals surface area contributed by atoms with Gasteiger partial charge in [-0.05, 0) is 46.6 Å². The molecule has 0 saturated carbocycles. The third-order valence-corrected chi connectivity index (χ3v) is 3.33. The van der Waals surface area contributed by atoms with Gasteiger partial charge in [-0.25, -0.2) is 9.37 Å². The zero-order chi connectivity index (χ0) is 13.8. The predicted molar refractivity (Wildman–Crippen MR) is 77.0 cm³/mol. The van der Waals surface area contributed by atoms with E-state index in [0.717, 1.165) is 16.9 Å². The van der Waals surface area contributed by atoms with E-state index in [9.17, 15) is 4.39 Å². The molecule has 0 atom stereocenters. The molecule has 0 bridgehead atoms. The molecule has 0 aliphatic carbocycles. The molecule has 2 aromatic rings. The van der Waals surface area contributed by atoms with Gasteiger partial charge in [0, 0.05) is 11.8 Å². The highest BCUT2D eigenvalue weighted by molar-refractivity contribution is 9.10. The summed E-state index contributed by atoms with van der Waals surface area (Å²) in [6.07, 6.45) is 0. The normalized spacial score (nSPS) is 10.3. The molecule has 1 heterocycles. The first-order valence-electron chi connectivity index (χ1n) is 5.79. The first-order chi connectivity index (χ1) is 9.10. The number of aromatic nitrogens is 1. The Labute approximate surface area is 119 Å². The van der Waals surface area contributed by atoms with Crippen LogP contribution in [0.2, 0.25) is 0 Å². The Kier molecular flexibility index (Phi) is 4.37. The van der Waals surface area contributed by atoms with E-state index < -0.39 is 0 Å². The average molecular weight is 325 g/mol. The van der Waals surface area contributed by atoms with E-state index in [4.69, 9.17) is 4.74 Å². The van der Waals surface area contributed by atoms with Crippen LogP contribution in [0.25, 0.3) is 0 Å². The summed E-state index contributed by atoms with van der Waals surface area (Å²) in [5.41, 5.74) is 2.58. The highest BCUT2D eigenvalue weighted by atomic mass is 79.9. The van der Waals surface area contributed by atoms with Gasteiger partial charge in [-0.2, -0.15) is 0 Å². The molecule has 0 unspecified atom stereocenters. The van der Waals surface area contributed by atoms with Gasteiger partial charge >= 0.3 is 0 Å². The lowest BCUT2D eigenvalue weighted by Gasteiger charge is -2.10. The quantitative estimate of drug-likeness (QED) is 0.925. The smallest absolute Gasteiger partial charge is 0.213 e. The maximum atomic E-state index is 13.3. The van der Waals surface area contributed by atoms with Crippen LogP contribution in [0.3, 0.4) is 0 Å². The van der Waals surface area contributed by atoms with Crippen LogP contribution in [0, 0.1) is 12.7 Å². The van der Waals surface area contributed by atoms with Gasteiger partial charge in [0.25, 0.3) is 0 Å². The number of ether oxygens (including phenoxy) is 1. The Hall–Kier alpha value is -1.62. The second-order valence-corrected chi connectivity index (χ2v) is 4.96. The number of halogens is 2. The number of aryl methyl sites for hydroxylation is 1. The topological polar surface area (TPSA) is 34.1 Å². The van der Waals surface area contributed by atoms with Crippen LogP contribution in [0.5, 0.6) is 5.88 Å². The number of methoxy groups -OCH3 is 1. The maximum absolute atomic E-state index is 13.3. The van der Waals surface area contributed by atoms with Crippen molar-refractivity contribution in [1.82, 2.24) is 4.98 Å². The number of rotatable bonds is 4. The van der Waals surface area contributed by atoms with Crippen molar-refractivity contribution in [3.05, 3.63) is 51.9 Å². The van der Waals surface area contributed by atoms with Crippen molar-refractivity contribution in [1.29, 1.82) is 0 Å². The summed E-state index contributed by atoms with van der Waals surface area (Å²) in [5.74, 6) is 0.318. The summed E-state index contributed by atoms with van der Waals surface area (Å²) in [4.78, 5) is 4.31. The Bertz CT molecular complexity index is 590. The Balaban J connectivity index is 2.12. The lowest BCUT2D eigenvalue weighted by molar-refractivity contribution is 0.396. The van der Waals surface area contributed by atoms with E-state index in [1.165, 1.54) is 6.07 Å². The summed E-state index contributed by atoms with van der Waals surface area (Å²) in [6.45, 7) is 2.41. The molecule has 0 aliphatic heterocycles. The third-order valence-electron chi connectivity index (χ3n) is 2.72. The minimum absolute atomic E-state index is 0.262.